The molecule has 1 unspecified atom stereocenters. The number of benzene rings is 1. The fraction of sp³-hybridized carbons (Fsp3) is 0.333. The topological polar surface area (TPSA) is 101 Å². The van der Waals surface area contributed by atoms with Gasteiger partial charge in [-0.15, -0.1) is 0 Å². The number of nitrogens with one attached hydrogen (secondary N) is 2. The Morgan fingerprint density at radius 2 is 1.89 bits per heavy atom. The molecule has 150 valence electrons. The predicted molar refractivity (Wildman–Crippen MR) is 104 cm³/mol. The van der Waals surface area contributed by atoms with Crippen LogP contribution in [-0.4, -0.2) is 41.7 Å². The molecule has 1 atom stereocenters. The molecule has 0 saturated carbocycles. The minimum absolute atomic E-state index is 0.0735. The highest BCUT2D eigenvalue weighted by molar-refractivity contribution is 7.89. The number of carbonyl (C=O) groups is 2. The lowest BCUT2D eigenvalue weighted by Crippen LogP contribution is -2.51. The molecule has 10 heteroatoms. The molecule has 1 aliphatic rings. The molecular weight excluding hydrogens is 404 g/mol. The van der Waals surface area contributed by atoms with E-state index < -0.39 is 22.0 Å². The predicted octanol–water partition coefficient (Wildman–Crippen LogP) is 1.22. The van der Waals surface area contributed by atoms with Gasteiger partial charge in [0.25, 0.3) is 5.91 Å². The highest BCUT2D eigenvalue weighted by Gasteiger charge is 2.39. The van der Waals surface area contributed by atoms with Crippen molar-refractivity contribution >= 4 is 33.4 Å². The van der Waals surface area contributed by atoms with Crippen molar-refractivity contribution in [1.29, 1.82) is 0 Å². The van der Waals surface area contributed by atoms with Gasteiger partial charge in [-0.3, -0.25) is 20.4 Å². The van der Waals surface area contributed by atoms with Gasteiger partial charge in [0.05, 0.1) is 11.3 Å². The van der Waals surface area contributed by atoms with Crippen LogP contribution in [-0.2, 0) is 33.1 Å². The van der Waals surface area contributed by atoms with E-state index in [4.69, 9.17) is 11.6 Å². The molecule has 2 aromatic rings. The second-order valence-corrected chi connectivity index (χ2v) is 8.88. The summed E-state index contributed by atoms with van der Waals surface area (Å²) in [7, 11) is -2.02. The van der Waals surface area contributed by atoms with Crippen LogP contribution in [0.25, 0.3) is 0 Å². The first kappa shape index (κ1) is 20.4. The van der Waals surface area contributed by atoms with Crippen LogP contribution in [0.1, 0.15) is 18.5 Å². The fourth-order valence-corrected chi connectivity index (χ4v) is 4.92. The average molecular weight is 425 g/mol. The van der Waals surface area contributed by atoms with E-state index in [1.54, 1.807) is 10.6 Å². The monoisotopic (exact) mass is 424 g/mol. The smallest absolute Gasteiger partial charge is 0.256 e. The highest BCUT2D eigenvalue weighted by Crippen LogP contribution is 2.26. The van der Waals surface area contributed by atoms with Crippen LogP contribution >= 0.6 is 11.6 Å². The van der Waals surface area contributed by atoms with Crippen molar-refractivity contribution in [2.45, 2.75) is 30.2 Å². The summed E-state index contributed by atoms with van der Waals surface area (Å²) in [4.78, 5) is 24.6. The summed E-state index contributed by atoms with van der Waals surface area (Å²) in [6.45, 7) is 0.236. The molecule has 3 rings (SSSR count). The van der Waals surface area contributed by atoms with Crippen molar-refractivity contribution < 1.29 is 18.0 Å². The van der Waals surface area contributed by atoms with E-state index in [0.717, 1.165) is 10.00 Å². The lowest BCUT2D eigenvalue weighted by atomic mass is 10.2. The van der Waals surface area contributed by atoms with Crippen molar-refractivity contribution in [3.63, 3.8) is 0 Å². The number of rotatable bonds is 5. The van der Waals surface area contributed by atoms with Crippen molar-refractivity contribution in [2.24, 2.45) is 7.05 Å². The molecule has 1 fully saturated rings. The molecule has 0 aliphatic carbocycles. The van der Waals surface area contributed by atoms with Crippen molar-refractivity contribution in [1.82, 2.24) is 19.7 Å². The zero-order valence-electron chi connectivity index (χ0n) is 15.3. The summed E-state index contributed by atoms with van der Waals surface area (Å²) < 4.78 is 28.7. The molecule has 1 aromatic carbocycles. The molecule has 0 bridgehead atoms. The maximum Gasteiger partial charge on any atom is 0.256 e. The molecule has 2 heterocycles. The van der Waals surface area contributed by atoms with Gasteiger partial charge >= 0.3 is 0 Å². The van der Waals surface area contributed by atoms with Gasteiger partial charge in [-0.25, -0.2) is 8.42 Å². The van der Waals surface area contributed by atoms with Crippen molar-refractivity contribution in [3.05, 3.63) is 53.3 Å². The number of nitrogens with zero attached hydrogens (tertiary/aromatic N) is 2. The largest absolute Gasteiger partial charge is 0.354 e. The van der Waals surface area contributed by atoms with E-state index in [2.05, 4.69) is 10.9 Å². The van der Waals surface area contributed by atoms with Crippen molar-refractivity contribution in [3.8, 4) is 0 Å². The van der Waals surface area contributed by atoms with Gasteiger partial charge in [0.1, 0.15) is 6.04 Å². The second kappa shape index (κ2) is 8.34. The Balaban J connectivity index is 1.63. The molecule has 1 aromatic heterocycles. The third kappa shape index (κ3) is 4.37. The minimum atomic E-state index is -3.84. The Kier molecular flexibility index (Phi) is 6.07. The van der Waals surface area contributed by atoms with Gasteiger partial charge in [0, 0.05) is 30.5 Å². The summed E-state index contributed by atoms with van der Waals surface area (Å²) >= 11 is 5.82. The molecule has 28 heavy (non-hydrogen) atoms. The molecule has 0 spiro atoms. The maximum absolute atomic E-state index is 12.9. The van der Waals surface area contributed by atoms with Crippen LogP contribution < -0.4 is 10.9 Å². The Bertz CT molecular complexity index is 972. The number of hydrazine groups is 1. The first-order valence-corrected chi connectivity index (χ1v) is 10.6. The molecule has 1 saturated heterocycles. The Labute approximate surface area is 168 Å². The van der Waals surface area contributed by atoms with Crippen molar-refractivity contribution in [2.75, 3.05) is 6.54 Å². The standard InChI is InChI=1S/C18H21ClN4O4S/c1-22-10-2-4-14(22)12-17(24)20-21-18(25)16-5-3-11-23(16)28(26,27)15-8-6-13(19)7-9-15/h2,4,6-10,16H,3,5,11-12H2,1H3,(H,20,24)(H,21,25). The van der Waals surface area contributed by atoms with E-state index in [9.17, 15) is 18.0 Å². The van der Waals surface area contributed by atoms with Crippen LogP contribution in [0.2, 0.25) is 5.02 Å². The van der Waals surface area contributed by atoms with E-state index >= 15 is 0 Å². The lowest BCUT2D eigenvalue weighted by Gasteiger charge is -2.23. The first-order chi connectivity index (χ1) is 13.3. The molecule has 2 amide bonds. The maximum atomic E-state index is 12.9. The zero-order chi connectivity index (χ0) is 20.3. The molecule has 8 nitrogen and oxygen atoms in total. The number of hydrogen-bond donors (Lipinski definition) is 2. The van der Waals surface area contributed by atoms with Gasteiger partial charge in [0.2, 0.25) is 15.9 Å². The number of aryl methyl sites for hydroxylation is 1. The highest BCUT2D eigenvalue weighted by atomic mass is 35.5. The summed E-state index contributed by atoms with van der Waals surface area (Å²) in [6, 6.07) is 8.54. The number of halogens is 1. The average Bonchev–Trinajstić information content (AvgIpc) is 3.30. The van der Waals surface area contributed by atoms with Crippen LogP contribution in [0, 0.1) is 0 Å². The number of aromatic nitrogens is 1. The summed E-state index contributed by atoms with van der Waals surface area (Å²) in [5.74, 6) is -0.949. The summed E-state index contributed by atoms with van der Waals surface area (Å²) in [5, 5.41) is 0.426. The Morgan fingerprint density at radius 3 is 2.54 bits per heavy atom. The van der Waals surface area contributed by atoms with Gasteiger partial charge < -0.3 is 4.57 Å². The van der Waals surface area contributed by atoms with Gasteiger partial charge in [-0.2, -0.15) is 4.31 Å². The Hall–Kier alpha value is -2.36. The van der Waals surface area contributed by atoms with Crippen LogP contribution in [0.4, 0.5) is 0 Å². The SMILES string of the molecule is Cn1cccc1CC(=O)NNC(=O)C1CCCN1S(=O)(=O)c1ccc(Cl)cc1. The third-order valence-corrected chi connectivity index (χ3v) is 6.82. The van der Waals surface area contributed by atoms with Gasteiger partial charge in [-0.1, -0.05) is 11.6 Å². The van der Waals surface area contributed by atoms with Gasteiger partial charge in [0.15, 0.2) is 0 Å². The van der Waals surface area contributed by atoms with E-state index in [1.165, 1.54) is 24.3 Å². The normalized spacial score (nSPS) is 17.4. The third-order valence-electron chi connectivity index (χ3n) is 4.64. The molecule has 2 N–H and O–H groups in total. The lowest BCUT2D eigenvalue weighted by molar-refractivity contribution is -0.130. The minimum Gasteiger partial charge on any atom is -0.354 e. The quantitative estimate of drug-likeness (QED) is 0.705. The van der Waals surface area contributed by atoms with Crippen LogP contribution in [0.5, 0.6) is 0 Å². The van der Waals surface area contributed by atoms with E-state index in [-0.39, 0.29) is 23.8 Å². The van der Waals surface area contributed by atoms with Gasteiger partial charge in [-0.05, 0) is 49.2 Å². The summed E-state index contributed by atoms with van der Waals surface area (Å²) in [6.07, 6.45) is 2.86. The van der Waals surface area contributed by atoms with E-state index in [0.29, 0.717) is 17.9 Å². The summed E-state index contributed by atoms with van der Waals surface area (Å²) in [5.41, 5.74) is 5.49. The number of hydrogen-bond acceptors (Lipinski definition) is 4. The molecule has 0 radical (unpaired) electrons. The van der Waals surface area contributed by atoms with Crippen LogP contribution in [0.3, 0.4) is 0 Å². The van der Waals surface area contributed by atoms with E-state index in [1.807, 2.05) is 19.3 Å². The first-order valence-electron chi connectivity index (χ1n) is 8.75. The second-order valence-electron chi connectivity index (χ2n) is 6.55. The van der Waals surface area contributed by atoms with Crippen LogP contribution in [0.15, 0.2) is 47.5 Å². The number of amides is 2. The fourth-order valence-electron chi connectivity index (χ4n) is 3.14. The molecular formula is C18H21ClN4O4S. The number of carbonyl (C=O) groups excluding carboxylic acids is 2. The zero-order valence-corrected chi connectivity index (χ0v) is 16.8. The number of sulfonamides is 1. The molecule has 1 aliphatic heterocycles. The Morgan fingerprint density at radius 1 is 1.18 bits per heavy atom.